The van der Waals surface area contributed by atoms with E-state index in [1.165, 1.54) is 49.4 Å². The molecule has 1 heteroatoms. The molecule has 40 heavy (non-hydrogen) atoms. The molecule has 0 aliphatic heterocycles. The Morgan fingerprint density at radius 2 is 1.10 bits per heavy atom. The van der Waals surface area contributed by atoms with E-state index in [0.717, 1.165) is 6.42 Å². The first-order valence-corrected chi connectivity index (χ1v) is 18.0. The second kappa shape index (κ2) is 9.92. The molecule has 0 spiro atoms. The zero-order valence-electron chi connectivity index (χ0n) is 22.2. The van der Waals surface area contributed by atoms with Crippen LogP contribution in [0.5, 0.6) is 0 Å². The van der Waals surface area contributed by atoms with E-state index in [1.54, 1.807) is 12.1 Å². The second-order valence-corrected chi connectivity index (χ2v) is 17.0. The van der Waals surface area contributed by atoms with E-state index >= 15 is 0 Å². The van der Waals surface area contributed by atoms with Crippen LogP contribution in [0.2, 0.25) is 0 Å². The minimum atomic E-state index is -2.70. The molecule has 0 radical (unpaired) electrons. The van der Waals surface area contributed by atoms with E-state index in [1.807, 2.05) is 0 Å². The predicted molar refractivity (Wildman–Crippen MR) is 167 cm³/mol. The van der Waals surface area contributed by atoms with Gasteiger partial charge in [0, 0.05) is 0 Å². The van der Waals surface area contributed by atoms with Crippen LogP contribution >= 0.6 is 0 Å². The molecule has 0 bridgehead atoms. The molecule has 188 valence electrons. The second-order valence-electron chi connectivity index (χ2n) is 10.7. The fourth-order valence-electron chi connectivity index (χ4n) is 7.01. The number of fused-ring (bicyclic) bond motifs is 8. The molecular weight excluding hydrogens is 560 g/mol. The van der Waals surface area contributed by atoms with Gasteiger partial charge in [-0.05, 0) is 0 Å². The molecular formula is C39H28Zr. The van der Waals surface area contributed by atoms with Gasteiger partial charge in [0.15, 0.2) is 0 Å². The number of benzene rings is 6. The molecule has 6 aromatic rings. The number of allylic oxidation sites excluding steroid dienone is 4. The van der Waals surface area contributed by atoms with Crippen LogP contribution in [-0.2, 0) is 21.3 Å². The summed E-state index contributed by atoms with van der Waals surface area (Å²) in [6, 6.07) is 50.0. The topological polar surface area (TPSA) is 0 Å². The SMILES string of the molecule is C1=CC[C]([Zr](=[C](c2ccccc2)c2ccccc2)[CH]2c3ccccc3-c3c2c2ccccc2c2ccccc32)=C1. The van der Waals surface area contributed by atoms with Gasteiger partial charge in [0.25, 0.3) is 0 Å². The van der Waals surface area contributed by atoms with Crippen LogP contribution in [-0.4, -0.2) is 3.21 Å². The average molecular weight is 588 g/mol. The summed E-state index contributed by atoms with van der Waals surface area (Å²) in [6.07, 6.45) is 8.19. The van der Waals surface area contributed by atoms with Crippen LogP contribution in [0.1, 0.15) is 32.3 Å². The first kappa shape index (κ1) is 23.9. The summed E-state index contributed by atoms with van der Waals surface area (Å²) in [6.45, 7) is 0. The molecule has 0 nitrogen and oxygen atoms in total. The van der Waals surface area contributed by atoms with Gasteiger partial charge >= 0.3 is 244 Å². The van der Waals surface area contributed by atoms with Crippen molar-refractivity contribution in [1.82, 2.24) is 0 Å². The Labute approximate surface area is 243 Å². The van der Waals surface area contributed by atoms with Gasteiger partial charge in [0.2, 0.25) is 0 Å². The van der Waals surface area contributed by atoms with E-state index in [2.05, 4.69) is 152 Å². The fourth-order valence-corrected chi connectivity index (χ4v) is 16.1. The van der Waals surface area contributed by atoms with Crippen molar-refractivity contribution in [2.45, 2.75) is 10.0 Å². The molecule has 1 unspecified atom stereocenters. The number of hydrogen-bond donors (Lipinski definition) is 0. The van der Waals surface area contributed by atoms with Crippen LogP contribution < -0.4 is 0 Å². The maximum absolute atomic E-state index is 2.70. The van der Waals surface area contributed by atoms with Crippen molar-refractivity contribution in [2.75, 3.05) is 0 Å². The number of hydrogen-bond acceptors (Lipinski definition) is 0. The molecule has 0 N–H and O–H groups in total. The average Bonchev–Trinajstić information content (AvgIpc) is 3.68. The zero-order valence-corrected chi connectivity index (χ0v) is 24.7. The molecule has 2 aliphatic rings. The van der Waals surface area contributed by atoms with Crippen LogP contribution in [0.3, 0.4) is 0 Å². The molecule has 1 atom stereocenters. The van der Waals surface area contributed by atoms with Gasteiger partial charge in [-0.3, -0.25) is 0 Å². The van der Waals surface area contributed by atoms with E-state index in [-0.39, 0.29) is 0 Å². The quantitative estimate of drug-likeness (QED) is 0.180. The van der Waals surface area contributed by atoms with E-state index in [9.17, 15) is 0 Å². The van der Waals surface area contributed by atoms with Crippen molar-refractivity contribution in [1.29, 1.82) is 0 Å². The first-order chi connectivity index (χ1) is 19.9. The third-order valence-electron chi connectivity index (χ3n) is 8.60. The van der Waals surface area contributed by atoms with Gasteiger partial charge in [-0.25, -0.2) is 0 Å². The van der Waals surface area contributed by atoms with Crippen LogP contribution in [0.4, 0.5) is 0 Å². The Morgan fingerprint density at radius 1 is 0.550 bits per heavy atom. The van der Waals surface area contributed by atoms with Crippen LogP contribution in [0.25, 0.3) is 32.7 Å². The van der Waals surface area contributed by atoms with Crippen LogP contribution in [0.15, 0.2) is 155 Å². The van der Waals surface area contributed by atoms with E-state index in [0.29, 0.717) is 3.63 Å². The van der Waals surface area contributed by atoms with Crippen molar-refractivity contribution in [3.63, 3.8) is 0 Å². The van der Waals surface area contributed by atoms with Gasteiger partial charge in [0.05, 0.1) is 0 Å². The van der Waals surface area contributed by atoms with Crippen molar-refractivity contribution >= 4 is 24.8 Å². The Balaban J connectivity index is 1.57. The molecule has 0 fully saturated rings. The maximum atomic E-state index is 2.46. The Morgan fingerprint density at radius 3 is 1.75 bits per heavy atom. The summed E-state index contributed by atoms with van der Waals surface area (Å²) in [7, 11) is 0. The molecule has 0 amide bonds. The Hall–Kier alpha value is -3.93. The summed E-state index contributed by atoms with van der Waals surface area (Å²) in [5.41, 5.74) is 8.72. The predicted octanol–water partition coefficient (Wildman–Crippen LogP) is 9.79. The molecule has 0 saturated heterocycles. The minimum absolute atomic E-state index is 0.393. The molecule has 8 rings (SSSR count). The van der Waals surface area contributed by atoms with Gasteiger partial charge in [-0.1, -0.05) is 0 Å². The summed E-state index contributed by atoms with van der Waals surface area (Å²) in [5, 5.41) is 5.53. The van der Waals surface area contributed by atoms with Crippen LogP contribution in [0, 0.1) is 0 Å². The van der Waals surface area contributed by atoms with E-state index < -0.39 is 21.3 Å². The van der Waals surface area contributed by atoms with Crippen molar-refractivity contribution in [3.05, 3.63) is 177 Å². The van der Waals surface area contributed by atoms with Gasteiger partial charge in [0.1, 0.15) is 0 Å². The van der Waals surface area contributed by atoms with Gasteiger partial charge in [-0.15, -0.1) is 0 Å². The van der Waals surface area contributed by atoms with Crippen molar-refractivity contribution in [3.8, 4) is 11.1 Å². The fraction of sp³-hybridized carbons (Fsp3) is 0.0513. The third kappa shape index (κ3) is 3.72. The number of rotatable bonds is 4. The monoisotopic (exact) mass is 586 g/mol. The standard InChI is InChI=1S/C21H13.C13H10.C5H5.Zr/c1-2-8-15-14(7-1)13-20-18-11-4-3-9-16(18)17-10-5-6-12-19(17)21(15)20;1-3-7-12(8-4-1)11-13-9-5-2-6-10-13;1-2-4-5-3-1;/h1-13H;1-10H;1-3H,4H2;. The Kier molecular flexibility index (Phi) is 5.93. The molecule has 0 aromatic heterocycles. The Bertz CT molecular complexity index is 1970. The van der Waals surface area contributed by atoms with Gasteiger partial charge < -0.3 is 0 Å². The summed E-state index contributed by atoms with van der Waals surface area (Å²) < 4.78 is 3.67. The van der Waals surface area contributed by atoms with Crippen molar-refractivity contribution < 1.29 is 21.3 Å². The zero-order chi connectivity index (χ0) is 26.5. The first-order valence-electron chi connectivity index (χ1n) is 14.1. The summed E-state index contributed by atoms with van der Waals surface area (Å²) in [5.74, 6) is 0. The third-order valence-corrected chi connectivity index (χ3v) is 16.9. The molecule has 0 heterocycles. The van der Waals surface area contributed by atoms with E-state index in [4.69, 9.17) is 0 Å². The summed E-state index contributed by atoms with van der Waals surface area (Å²) >= 11 is -2.70. The summed E-state index contributed by atoms with van der Waals surface area (Å²) in [4.78, 5) is 0. The normalized spacial score (nSPS) is 15.2. The van der Waals surface area contributed by atoms with Crippen molar-refractivity contribution in [2.24, 2.45) is 0 Å². The molecule has 2 aliphatic carbocycles. The molecule has 6 aromatic carbocycles. The van der Waals surface area contributed by atoms with Gasteiger partial charge in [-0.2, -0.15) is 0 Å². The molecule has 0 saturated carbocycles.